The number of esters is 1. The van der Waals surface area contributed by atoms with E-state index in [1.807, 2.05) is 0 Å². The van der Waals surface area contributed by atoms with Crippen LogP contribution in [0.15, 0.2) is 18.2 Å². The van der Waals surface area contributed by atoms with Gasteiger partial charge >= 0.3 is 5.97 Å². The Morgan fingerprint density at radius 1 is 1.04 bits per heavy atom. The summed E-state index contributed by atoms with van der Waals surface area (Å²) in [5, 5.41) is 2.91. The largest absolute Gasteiger partial charge is 0.469 e. The van der Waals surface area contributed by atoms with Crippen molar-refractivity contribution in [2.75, 3.05) is 7.11 Å². The summed E-state index contributed by atoms with van der Waals surface area (Å²) in [7, 11) is 1.42. The van der Waals surface area contributed by atoms with Gasteiger partial charge in [-0.1, -0.05) is 6.07 Å². The molecular formula is C17H13F2NO3. The third kappa shape index (κ3) is 0.820. The third-order valence-corrected chi connectivity index (χ3v) is 7.69. The number of benzene rings is 1. The molecule has 118 valence electrons. The van der Waals surface area contributed by atoms with Crippen LogP contribution >= 0.6 is 0 Å². The molecule has 4 nitrogen and oxygen atoms in total. The zero-order valence-corrected chi connectivity index (χ0v) is 12.2. The van der Waals surface area contributed by atoms with Crippen molar-refractivity contribution >= 4 is 11.9 Å². The van der Waals surface area contributed by atoms with E-state index in [9.17, 15) is 18.4 Å². The molecule has 0 bridgehead atoms. The lowest BCUT2D eigenvalue weighted by atomic mass is 8.94. The molecule has 1 amide bonds. The number of nitrogens with one attached hydrogen (secondary N) is 1. The van der Waals surface area contributed by atoms with Gasteiger partial charge < -0.3 is 10.1 Å². The lowest BCUT2D eigenvalue weighted by Gasteiger charge is -3.09. The molecule has 6 aliphatic carbocycles. The lowest BCUT2D eigenvalue weighted by Crippen LogP contribution is -3.16. The fraction of sp³-hybridized carbons (Fsp3) is 0.529. The van der Waals surface area contributed by atoms with Crippen LogP contribution in [0.5, 0.6) is 0 Å². The Morgan fingerprint density at radius 2 is 1.57 bits per heavy atom. The van der Waals surface area contributed by atoms with Crippen molar-refractivity contribution in [3.05, 3.63) is 35.4 Å². The van der Waals surface area contributed by atoms with Gasteiger partial charge in [0.05, 0.1) is 18.1 Å². The van der Waals surface area contributed by atoms with E-state index < -0.39 is 23.1 Å². The number of amides is 1. The van der Waals surface area contributed by atoms with Crippen LogP contribution in [0.4, 0.5) is 8.78 Å². The van der Waals surface area contributed by atoms with E-state index >= 15 is 0 Å². The van der Waals surface area contributed by atoms with E-state index in [2.05, 4.69) is 5.32 Å². The molecule has 23 heavy (non-hydrogen) atoms. The first-order valence-electron chi connectivity index (χ1n) is 7.87. The maximum Gasteiger partial charge on any atom is 0.312 e. The SMILES string of the molecule is COC(=O)C12C3C4C1C1C2C3C41NC(=O)c1c(F)cccc1F. The van der Waals surface area contributed by atoms with Crippen molar-refractivity contribution in [3.8, 4) is 0 Å². The van der Waals surface area contributed by atoms with Crippen LogP contribution in [-0.2, 0) is 9.53 Å². The third-order valence-electron chi connectivity index (χ3n) is 7.69. The number of hydrogen-bond acceptors (Lipinski definition) is 3. The number of rotatable bonds is 3. The molecule has 0 radical (unpaired) electrons. The standard InChI is InChI=1S/C17H13F2NO3/c1-23-15(22)16-8-11-9(16)13-10(16)12(8)17(11,13)20-14(21)7-5(18)3-2-4-6(7)19/h2-4,8-13H,1H3,(H,20,21). The lowest BCUT2D eigenvalue weighted by molar-refractivity contribution is -0.609. The molecule has 1 aromatic carbocycles. The van der Waals surface area contributed by atoms with Crippen LogP contribution in [-0.4, -0.2) is 24.5 Å². The Balaban J connectivity index is 1.28. The van der Waals surface area contributed by atoms with Crippen LogP contribution in [0, 0.1) is 52.6 Å². The zero-order valence-electron chi connectivity index (χ0n) is 12.2. The van der Waals surface area contributed by atoms with Gasteiger partial charge in [0, 0.05) is 0 Å². The van der Waals surface area contributed by atoms with Gasteiger partial charge in [-0.2, -0.15) is 0 Å². The fourth-order valence-corrected chi connectivity index (χ4v) is 7.34. The van der Waals surface area contributed by atoms with Crippen LogP contribution in [0.25, 0.3) is 0 Å². The number of carbonyl (C=O) groups is 2. The van der Waals surface area contributed by atoms with Gasteiger partial charge in [0.25, 0.3) is 5.91 Å². The highest BCUT2D eigenvalue weighted by Gasteiger charge is 3.12. The molecule has 0 aromatic heterocycles. The molecule has 6 saturated carbocycles. The quantitative estimate of drug-likeness (QED) is 0.857. The summed E-state index contributed by atoms with van der Waals surface area (Å²) in [5.74, 6) is -0.677. The van der Waals surface area contributed by atoms with Crippen molar-refractivity contribution in [1.29, 1.82) is 0 Å². The molecule has 6 aliphatic rings. The summed E-state index contributed by atoms with van der Waals surface area (Å²) in [5.41, 5.74) is -1.09. The van der Waals surface area contributed by atoms with Gasteiger partial charge in [-0.15, -0.1) is 0 Å². The molecule has 0 saturated heterocycles. The Hall–Kier alpha value is -1.98. The van der Waals surface area contributed by atoms with E-state index in [1.54, 1.807) is 0 Å². The maximum absolute atomic E-state index is 13.8. The minimum Gasteiger partial charge on any atom is -0.469 e. The molecule has 6 fully saturated rings. The van der Waals surface area contributed by atoms with Crippen LogP contribution in [0.1, 0.15) is 10.4 Å². The zero-order chi connectivity index (χ0) is 15.9. The molecule has 1 N–H and O–H groups in total. The highest BCUT2D eigenvalue weighted by atomic mass is 19.1. The van der Waals surface area contributed by atoms with Crippen LogP contribution in [0.2, 0.25) is 0 Å². The topological polar surface area (TPSA) is 55.4 Å². The second kappa shape index (κ2) is 3.14. The van der Waals surface area contributed by atoms with E-state index in [-0.39, 0.29) is 16.9 Å². The first kappa shape index (κ1) is 12.4. The summed E-state index contributed by atoms with van der Waals surface area (Å²) in [4.78, 5) is 24.4. The summed E-state index contributed by atoms with van der Waals surface area (Å²) in [6.07, 6.45) is 0. The highest BCUT2D eigenvalue weighted by molar-refractivity contribution is 5.97. The monoisotopic (exact) mass is 317 g/mol. The Labute approximate surface area is 130 Å². The van der Waals surface area contributed by atoms with Crippen LogP contribution in [0.3, 0.4) is 0 Å². The van der Waals surface area contributed by atoms with Gasteiger partial charge in [-0.05, 0) is 47.6 Å². The van der Waals surface area contributed by atoms with Crippen molar-refractivity contribution in [2.24, 2.45) is 40.9 Å². The van der Waals surface area contributed by atoms with E-state index in [1.165, 1.54) is 13.2 Å². The van der Waals surface area contributed by atoms with Crippen molar-refractivity contribution in [2.45, 2.75) is 5.54 Å². The molecule has 7 rings (SSSR count). The first-order chi connectivity index (χ1) is 11.0. The molecule has 1 aromatic rings. The second-order valence-electron chi connectivity index (χ2n) is 7.56. The summed E-state index contributed by atoms with van der Waals surface area (Å²) in [6.45, 7) is 0. The smallest absolute Gasteiger partial charge is 0.312 e. The van der Waals surface area contributed by atoms with E-state index in [0.29, 0.717) is 35.5 Å². The number of methoxy groups -OCH3 is 1. The Kier molecular flexibility index (Phi) is 1.70. The highest BCUT2D eigenvalue weighted by Crippen LogP contribution is 3.07. The summed E-state index contributed by atoms with van der Waals surface area (Å²) in [6, 6.07) is 3.42. The minimum atomic E-state index is -0.842. The normalized spacial score (nSPS) is 51.1. The predicted octanol–water partition coefficient (Wildman–Crippen LogP) is 1.36. The maximum atomic E-state index is 13.8. The average molecular weight is 317 g/mol. The first-order valence-corrected chi connectivity index (χ1v) is 7.87. The van der Waals surface area contributed by atoms with Crippen molar-refractivity contribution < 1.29 is 23.1 Å². The van der Waals surface area contributed by atoms with Crippen LogP contribution < -0.4 is 5.32 Å². The summed E-state index contributed by atoms with van der Waals surface area (Å²) >= 11 is 0. The van der Waals surface area contributed by atoms with Gasteiger partial charge in [-0.25, -0.2) is 8.78 Å². The van der Waals surface area contributed by atoms with Crippen molar-refractivity contribution in [1.82, 2.24) is 5.32 Å². The molecule has 0 heterocycles. The molecule has 0 unspecified atom stereocenters. The minimum absolute atomic E-state index is 0.110. The number of ether oxygens (including phenoxy) is 1. The van der Waals surface area contributed by atoms with Crippen molar-refractivity contribution in [3.63, 3.8) is 0 Å². The predicted molar refractivity (Wildman–Crippen MR) is 71.9 cm³/mol. The second-order valence-corrected chi connectivity index (χ2v) is 7.56. The Bertz CT molecular complexity index is 761. The molecule has 0 spiro atoms. The van der Waals surface area contributed by atoms with Gasteiger partial charge in [-0.3, -0.25) is 9.59 Å². The molecule has 6 heteroatoms. The van der Waals surface area contributed by atoms with E-state index in [4.69, 9.17) is 4.74 Å². The summed E-state index contributed by atoms with van der Waals surface area (Å²) < 4.78 is 32.5. The van der Waals surface area contributed by atoms with Gasteiger partial charge in [0.15, 0.2) is 0 Å². The van der Waals surface area contributed by atoms with Gasteiger partial charge in [0.1, 0.15) is 17.2 Å². The number of halogens is 2. The van der Waals surface area contributed by atoms with E-state index in [0.717, 1.165) is 12.1 Å². The van der Waals surface area contributed by atoms with Gasteiger partial charge in [0.2, 0.25) is 0 Å². The fourth-order valence-electron chi connectivity index (χ4n) is 7.34. The molecule has 0 aliphatic heterocycles. The number of carbonyl (C=O) groups excluding carboxylic acids is 2. The number of hydrogen-bond donors (Lipinski definition) is 1. The Morgan fingerprint density at radius 3 is 2.04 bits per heavy atom. The average Bonchev–Trinajstić information content (AvgIpc) is 2.54. The molecule has 0 atom stereocenters. The molecular weight excluding hydrogens is 304 g/mol.